The molecule has 2 aliphatic rings. The summed E-state index contributed by atoms with van der Waals surface area (Å²) in [7, 11) is 0. The number of carboxylic acid groups (broad SMARTS) is 1. The lowest BCUT2D eigenvalue weighted by Crippen LogP contribution is -2.21. The summed E-state index contributed by atoms with van der Waals surface area (Å²) >= 11 is 0. The van der Waals surface area contributed by atoms with Crippen LogP contribution >= 0.6 is 0 Å². The Hall–Kier alpha value is -1.58. The van der Waals surface area contributed by atoms with E-state index in [1.807, 2.05) is 16.8 Å². The van der Waals surface area contributed by atoms with Crippen LogP contribution in [-0.4, -0.2) is 21.4 Å². The van der Waals surface area contributed by atoms with E-state index in [9.17, 15) is 9.59 Å². The molecular weight excluding hydrogens is 218 g/mol. The Balaban J connectivity index is 2.07. The molecule has 0 saturated carbocycles. The van der Waals surface area contributed by atoms with E-state index in [1.165, 1.54) is 5.56 Å². The minimum atomic E-state index is -0.862. The monoisotopic (exact) mass is 233 g/mol. The van der Waals surface area contributed by atoms with E-state index >= 15 is 0 Å². The topological polar surface area (TPSA) is 59.3 Å². The van der Waals surface area contributed by atoms with E-state index in [4.69, 9.17) is 5.11 Å². The van der Waals surface area contributed by atoms with Gasteiger partial charge in [0.2, 0.25) is 0 Å². The minimum absolute atomic E-state index is 0.0573. The summed E-state index contributed by atoms with van der Waals surface area (Å²) in [4.78, 5) is 23.2. The smallest absolute Gasteiger partial charge is 0.308 e. The van der Waals surface area contributed by atoms with E-state index in [-0.39, 0.29) is 18.1 Å². The number of aromatic nitrogens is 1. The molecule has 3 rings (SSSR count). The summed E-state index contributed by atoms with van der Waals surface area (Å²) in [5, 5.41) is 9.12. The van der Waals surface area contributed by atoms with Crippen LogP contribution in [0.1, 0.15) is 36.4 Å². The number of rotatable bonds is 1. The van der Waals surface area contributed by atoms with Gasteiger partial charge >= 0.3 is 5.97 Å². The standard InChI is InChI=1S/C13H15NO3/c15-11-6-9(13(16)17)7-14-5-4-8-2-1-3-10(11)12(8)14/h4-5,9-10H,1-3,6-7H2,(H,16,17). The van der Waals surface area contributed by atoms with E-state index in [0.29, 0.717) is 6.54 Å². The van der Waals surface area contributed by atoms with Gasteiger partial charge in [-0.05, 0) is 30.9 Å². The van der Waals surface area contributed by atoms with Crippen molar-refractivity contribution in [3.05, 3.63) is 23.5 Å². The highest BCUT2D eigenvalue weighted by Gasteiger charge is 2.36. The number of aliphatic carboxylic acids is 1. The van der Waals surface area contributed by atoms with Gasteiger partial charge in [-0.25, -0.2) is 0 Å². The van der Waals surface area contributed by atoms with E-state index in [1.54, 1.807) is 0 Å². The first-order chi connectivity index (χ1) is 8.16. The number of carbonyl (C=O) groups is 2. The number of hydrogen-bond donors (Lipinski definition) is 1. The highest BCUT2D eigenvalue weighted by Crippen LogP contribution is 2.37. The first kappa shape index (κ1) is 10.6. The second-order valence-corrected chi connectivity index (χ2v) is 5.03. The highest BCUT2D eigenvalue weighted by molar-refractivity contribution is 5.89. The number of hydrogen-bond acceptors (Lipinski definition) is 2. The van der Waals surface area contributed by atoms with Crippen LogP contribution in [0.4, 0.5) is 0 Å². The third-order valence-corrected chi connectivity index (χ3v) is 3.97. The summed E-state index contributed by atoms with van der Waals surface area (Å²) in [6.45, 7) is 0.437. The first-order valence-corrected chi connectivity index (χ1v) is 6.10. The van der Waals surface area contributed by atoms with Gasteiger partial charge in [0.15, 0.2) is 0 Å². The Kier molecular flexibility index (Phi) is 2.31. The van der Waals surface area contributed by atoms with Crippen LogP contribution in [0.15, 0.2) is 12.3 Å². The number of aryl methyl sites for hydroxylation is 1. The zero-order chi connectivity index (χ0) is 12.0. The molecule has 1 aromatic heterocycles. The Morgan fingerprint density at radius 3 is 3.06 bits per heavy atom. The zero-order valence-corrected chi connectivity index (χ0v) is 9.56. The van der Waals surface area contributed by atoms with E-state index in [0.717, 1.165) is 25.0 Å². The SMILES string of the molecule is O=C(O)C1CC(=O)C2CCCc3ccn(c32)C1. The Morgan fingerprint density at radius 2 is 2.29 bits per heavy atom. The summed E-state index contributed by atoms with van der Waals surface area (Å²) in [6.07, 6.45) is 5.05. The fourth-order valence-corrected chi connectivity index (χ4v) is 3.12. The van der Waals surface area contributed by atoms with Crippen molar-refractivity contribution < 1.29 is 14.7 Å². The molecule has 4 nitrogen and oxygen atoms in total. The van der Waals surface area contributed by atoms with Crippen LogP contribution in [0, 0.1) is 5.92 Å². The van der Waals surface area contributed by atoms with Gasteiger partial charge in [-0.2, -0.15) is 0 Å². The fourth-order valence-electron chi connectivity index (χ4n) is 3.12. The fraction of sp³-hybridized carbons (Fsp3) is 0.538. The van der Waals surface area contributed by atoms with Crippen LogP contribution in [0.3, 0.4) is 0 Å². The average molecular weight is 233 g/mol. The van der Waals surface area contributed by atoms with Crippen LogP contribution in [0.5, 0.6) is 0 Å². The molecule has 2 atom stereocenters. The zero-order valence-electron chi connectivity index (χ0n) is 9.56. The van der Waals surface area contributed by atoms with Gasteiger partial charge in [0, 0.05) is 24.9 Å². The molecule has 90 valence electrons. The molecule has 0 amide bonds. The molecule has 4 heteroatoms. The molecule has 0 radical (unpaired) electrons. The van der Waals surface area contributed by atoms with Crippen molar-refractivity contribution in [3.8, 4) is 0 Å². The molecule has 1 aromatic rings. The molecule has 0 spiro atoms. The molecule has 2 unspecified atom stereocenters. The highest BCUT2D eigenvalue weighted by atomic mass is 16.4. The number of carbonyl (C=O) groups excluding carboxylic acids is 1. The van der Waals surface area contributed by atoms with Crippen molar-refractivity contribution in [2.75, 3.05) is 0 Å². The predicted octanol–water partition coefficient (Wildman–Crippen LogP) is 1.58. The lowest BCUT2D eigenvalue weighted by molar-refractivity contribution is -0.144. The maximum absolute atomic E-state index is 12.1. The largest absolute Gasteiger partial charge is 0.481 e. The molecule has 1 N–H and O–H groups in total. The molecule has 0 bridgehead atoms. The quantitative estimate of drug-likeness (QED) is 0.801. The molecule has 0 fully saturated rings. The number of Topliss-reactive ketones (excluding diaryl/α,β-unsaturated/α-hetero) is 1. The normalized spacial score (nSPS) is 27.4. The van der Waals surface area contributed by atoms with E-state index in [2.05, 4.69) is 0 Å². The van der Waals surface area contributed by atoms with Crippen LogP contribution in [0.25, 0.3) is 0 Å². The van der Waals surface area contributed by atoms with Gasteiger partial charge in [-0.15, -0.1) is 0 Å². The second-order valence-electron chi connectivity index (χ2n) is 5.03. The Bertz CT molecular complexity index is 489. The second kappa shape index (κ2) is 3.72. The van der Waals surface area contributed by atoms with Gasteiger partial charge in [0.25, 0.3) is 0 Å². The molecule has 0 saturated heterocycles. The Labute approximate surface area is 99.2 Å². The molecular formula is C13H15NO3. The lowest BCUT2D eigenvalue weighted by atomic mass is 9.83. The van der Waals surface area contributed by atoms with E-state index < -0.39 is 11.9 Å². The summed E-state index contributed by atoms with van der Waals surface area (Å²) < 4.78 is 1.99. The third-order valence-electron chi connectivity index (χ3n) is 3.97. The lowest BCUT2D eigenvalue weighted by Gasteiger charge is -2.21. The van der Waals surface area contributed by atoms with Gasteiger partial charge in [0.05, 0.1) is 11.8 Å². The molecule has 1 aliphatic heterocycles. The summed E-state index contributed by atoms with van der Waals surface area (Å²) in [5.74, 6) is -1.38. The van der Waals surface area contributed by atoms with Gasteiger partial charge in [0.1, 0.15) is 5.78 Å². The third kappa shape index (κ3) is 1.59. The molecule has 0 aromatic carbocycles. The van der Waals surface area contributed by atoms with Crippen molar-refractivity contribution in [3.63, 3.8) is 0 Å². The molecule has 2 heterocycles. The minimum Gasteiger partial charge on any atom is -0.481 e. The first-order valence-electron chi connectivity index (χ1n) is 6.10. The number of carboxylic acids is 1. The predicted molar refractivity (Wildman–Crippen MR) is 60.9 cm³/mol. The molecule has 17 heavy (non-hydrogen) atoms. The van der Waals surface area contributed by atoms with Crippen LogP contribution in [-0.2, 0) is 22.6 Å². The van der Waals surface area contributed by atoms with Crippen molar-refractivity contribution in [1.82, 2.24) is 4.57 Å². The van der Waals surface area contributed by atoms with Gasteiger partial charge in [-0.1, -0.05) is 0 Å². The maximum atomic E-state index is 12.1. The summed E-state index contributed by atoms with van der Waals surface area (Å²) in [5.41, 5.74) is 2.32. The number of ketones is 1. The van der Waals surface area contributed by atoms with Crippen molar-refractivity contribution in [2.45, 2.75) is 38.1 Å². The van der Waals surface area contributed by atoms with Crippen LogP contribution < -0.4 is 0 Å². The van der Waals surface area contributed by atoms with Crippen LogP contribution in [0.2, 0.25) is 0 Å². The number of nitrogens with zero attached hydrogens (tertiary/aromatic N) is 1. The molecule has 1 aliphatic carbocycles. The Morgan fingerprint density at radius 1 is 1.47 bits per heavy atom. The van der Waals surface area contributed by atoms with Gasteiger partial charge in [-0.3, -0.25) is 9.59 Å². The van der Waals surface area contributed by atoms with Crippen molar-refractivity contribution >= 4 is 11.8 Å². The summed E-state index contributed by atoms with van der Waals surface area (Å²) in [6, 6.07) is 2.04. The van der Waals surface area contributed by atoms with Gasteiger partial charge < -0.3 is 9.67 Å². The van der Waals surface area contributed by atoms with Crippen molar-refractivity contribution in [2.24, 2.45) is 5.92 Å². The maximum Gasteiger partial charge on any atom is 0.308 e. The van der Waals surface area contributed by atoms with Crippen molar-refractivity contribution in [1.29, 1.82) is 0 Å². The average Bonchev–Trinajstić information content (AvgIpc) is 2.64.